The van der Waals surface area contributed by atoms with Crippen LogP contribution in [-0.2, 0) is 38.4 Å². The molecule has 3 amide bonds. The second-order valence-corrected chi connectivity index (χ2v) is 12.5. The van der Waals surface area contributed by atoms with Crippen LogP contribution in [0.4, 0.5) is 0 Å². The van der Waals surface area contributed by atoms with Crippen LogP contribution < -0.4 is 21.7 Å². The molecule has 0 fully saturated rings. The molecule has 0 aliphatic carbocycles. The Bertz CT molecular complexity index is 2170. The van der Waals surface area contributed by atoms with E-state index in [1.54, 1.807) is 18.6 Å². The maximum Gasteiger partial charge on any atom is 0.326 e. The van der Waals surface area contributed by atoms with Crippen LogP contribution in [0.1, 0.15) is 23.6 Å². The number of hydrogen-bond donors (Lipinski definition) is 9. The molecule has 50 heavy (non-hydrogen) atoms. The topological polar surface area (TPSA) is 218 Å². The number of para-hydroxylation sites is 3. The van der Waals surface area contributed by atoms with E-state index in [9.17, 15) is 29.4 Å². The molecule has 0 saturated heterocycles. The van der Waals surface area contributed by atoms with Crippen molar-refractivity contribution in [1.82, 2.24) is 30.9 Å². The fraction of sp³-hybridized carbons (Fsp3) is 0.243. The van der Waals surface area contributed by atoms with Gasteiger partial charge in [-0.05, 0) is 48.2 Å². The summed E-state index contributed by atoms with van der Waals surface area (Å²) in [6, 6.07) is 17.3. The highest BCUT2D eigenvalue weighted by atomic mass is 16.4. The first-order chi connectivity index (χ1) is 24.1. The van der Waals surface area contributed by atoms with E-state index in [-0.39, 0.29) is 19.3 Å². The fourth-order valence-electron chi connectivity index (χ4n) is 6.28. The second-order valence-electron chi connectivity index (χ2n) is 12.5. The van der Waals surface area contributed by atoms with Crippen molar-refractivity contribution in [2.45, 2.75) is 56.5 Å². The Balaban J connectivity index is 1.20. The van der Waals surface area contributed by atoms with E-state index in [4.69, 9.17) is 5.73 Å². The Morgan fingerprint density at radius 1 is 0.620 bits per heavy atom. The summed E-state index contributed by atoms with van der Waals surface area (Å²) in [5.41, 5.74) is 11.0. The minimum atomic E-state index is -1.46. The van der Waals surface area contributed by atoms with E-state index >= 15 is 0 Å². The van der Waals surface area contributed by atoms with Crippen LogP contribution in [-0.4, -0.2) is 79.1 Å². The molecule has 3 heterocycles. The lowest BCUT2D eigenvalue weighted by atomic mass is 10.0. The van der Waals surface area contributed by atoms with Crippen molar-refractivity contribution in [2.75, 3.05) is 0 Å². The van der Waals surface area contributed by atoms with Crippen molar-refractivity contribution in [3.05, 3.63) is 108 Å². The van der Waals surface area contributed by atoms with Crippen molar-refractivity contribution in [3.8, 4) is 0 Å². The Hall–Kier alpha value is -5.92. The van der Waals surface area contributed by atoms with Crippen LogP contribution in [0.3, 0.4) is 0 Å². The first kappa shape index (κ1) is 34.0. The van der Waals surface area contributed by atoms with E-state index in [2.05, 4.69) is 30.9 Å². The number of carbonyl (C=O) groups is 4. The number of benzene rings is 3. The zero-order valence-corrected chi connectivity index (χ0v) is 27.3. The van der Waals surface area contributed by atoms with Crippen molar-refractivity contribution in [1.29, 1.82) is 0 Å². The van der Waals surface area contributed by atoms with Gasteiger partial charge in [0.2, 0.25) is 17.7 Å². The van der Waals surface area contributed by atoms with Crippen molar-refractivity contribution >= 4 is 56.4 Å². The molecule has 0 bridgehead atoms. The van der Waals surface area contributed by atoms with E-state index < -0.39 is 54.0 Å². The van der Waals surface area contributed by atoms with Gasteiger partial charge in [0, 0.05) is 64.1 Å². The number of fused-ring (bicyclic) bond motifs is 3. The number of H-pyrrole nitrogens is 3. The molecule has 10 N–H and O–H groups in total. The Kier molecular flexibility index (Phi) is 9.97. The molecule has 0 spiro atoms. The third-order valence-electron chi connectivity index (χ3n) is 8.96. The molecule has 258 valence electrons. The van der Waals surface area contributed by atoms with Crippen LogP contribution >= 0.6 is 0 Å². The van der Waals surface area contributed by atoms with Crippen LogP contribution in [0.15, 0.2) is 91.4 Å². The number of aliphatic hydroxyl groups excluding tert-OH is 1. The molecular weight excluding hydrogens is 638 g/mol. The fourth-order valence-corrected chi connectivity index (χ4v) is 6.28. The third-order valence-corrected chi connectivity index (χ3v) is 8.96. The number of aliphatic hydroxyl groups is 1. The summed E-state index contributed by atoms with van der Waals surface area (Å²) in [6.07, 6.45) is 3.98. The molecule has 0 aliphatic heterocycles. The second kappa shape index (κ2) is 14.7. The van der Waals surface area contributed by atoms with Gasteiger partial charge in [0.15, 0.2) is 0 Å². The number of hydrogen-bond acceptors (Lipinski definition) is 6. The van der Waals surface area contributed by atoms with Crippen LogP contribution in [0.2, 0.25) is 0 Å². The number of carbonyl (C=O) groups excluding carboxylic acids is 3. The lowest BCUT2D eigenvalue weighted by molar-refractivity contribution is -0.142. The predicted molar refractivity (Wildman–Crippen MR) is 189 cm³/mol. The number of aromatic amines is 3. The summed E-state index contributed by atoms with van der Waals surface area (Å²) in [7, 11) is 0. The summed E-state index contributed by atoms with van der Waals surface area (Å²) in [6.45, 7) is 1.34. The molecule has 6 rings (SSSR count). The maximum atomic E-state index is 13.9. The van der Waals surface area contributed by atoms with Gasteiger partial charge in [-0.2, -0.15) is 0 Å². The maximum absolute atomic E-state index is 13.9. The van der Waals surface area contributed by atoms with Crippen molar-refractivity contribution in [3.63, 3.8) is 0 Å². The smallest absolute Gasteiger partial charge is 0.326 e. The van der Waals surface area contributed by atoms with Gasteiger partial charge in [0.05, 0.1) is 12.1 Å². The van der Waals surface area contributed by atoms with Gasteiger partial charge in [0.25, 0.3) is 0 Å². The minimum absolute atomic E-state index is 0.0123. The molecule has 13 heteroatoms. The molecule has 5 atom stereocenters. The Morgan fingerprint density at radius 3 is 1.50 bits per heavy atom. The van der Waals surface area contributed by atoms with E-state index in [1.807, 2.05) is 72.8 Å². The van der Waals surface area contributed by atoms with E-state index in [0.717, 1.165) is 38.3 Å². The Labute approximate surface area is 286 Å². The molecule has 3 aromatic heterocycles. The highest BCUT2D eigenvalue weighted by molar-refractivity contribution is 5.96. The molecule has 6 aromatic rings. The Morgan fingerprint density at radius 2 is 1.04 bits per heavy atom. The highest BCUT2D eigenvalue weighted by Crippen LogP contribution is 2.22. The van der Waals surface area contributed by atoms with Crippen molar-refractivity contribution in [2.24, 2.45) is 5.73 Å². The molecule has 13 nitrogen and oxygen atoms in total. The van der Waals surface area contributed by atoms with Crippen molar-refractivity contribution < 1.29 is 29.4 Å². The molecule has 0 aliphatic rings. The number of rotatable bonds is 14. The monoisotopic (exact) mass is 677 g/mol. The normalized spacial score (nSPS) is 14.5. The lowest BCUT2D eigenvalue weighted by Crippen LogP contribution is -2.60. The molecule has 0 saturated carbocycles. The molecule has 3 aromatic carbocycles. The summed E-state index contributed by atoms with van der Waals surface area (Å²) in [4.78, 5) is 62.6. The number of nitrogens with one attached hydrogen (secondary N) is 6. The minimum Gasteiger partial charge on any atom is -0.480 e. The van der Waals surface area contributed by atoms with Crippen LogP contribution in [0.5, 0.6) is 0 Å². The number of carboxylic acids is 1. The average Bonchev–Trinajstić information content (AvgIpc) is 3.83. The summed E-state index contributed by atoms with van der Waals surface area (Å²) < 4.78 is 0. The van der Waals surface area contributed by atoms with Gasteiger partial charge in [-0.15, -0.1) is 0 Å². The standard InChI is InChI=1S/C37H39N7O6/c1-20(45)33(44-34(46)27(38)14-21-17-39-28-11-5-2-8-24(21)28)36(48)42-31(15-22-18-40-29-12-6-3-9-25(22)29)35(47)43-32(37(49)50)16-23-19-41-30-13-7-4-10-26(23)30/h2-13,17-20,27,31-33,39-41,45H,14-16,38H2,1H3,(H,42,48)(H,43,47)(H,44,46)(H,49,50). The van der Waals surface area contributed by atoms with E-state index in [1.165, 1.54) is 6.92 Å². The first-order valence-electron chi connectivity index (χ1n) is 16.3. The summed E-state index contributed by atoms with van der Waals surface area (Å²) in [5, 5.41) is 31.1. The summed E-state index contributed by atoms with van der Waals surface area (Å²) in [5.74, 6) is -3.50. The predicted octanol–water partition coefficient (Wildman–Crippen LogP) is 2.41. The largest absolute Gasteiger partial charge is 0.480 e. The van der Waals surface area contributed by atoms with Gasteiger partial charge < -0.3 is 46.8 Å². The molecule has 5 unspecified atom stereocenters. The average molecular weight is 678 g/mol. The number of amides is 3. The number of aliphatic carboxylic acids is 1. The number of carboxylic acid groups (broad SMARTS) is 1. The van der Waals surface area contributed by atoms with Gasteiger partial charge in [0.1, 0.15) is 18.1 Å². The SMILES string of the molecule is CC(O)C(NC(=O)C(N)Cc1c[nH]c2ccccc12)C(=O)NC(Cc1c[nH]c2ccccc12)C(=O)NC(Cc1c[nH]c2ccccc12)C(=O)O. The number of aromatic nitrogens is 3. The quantitative estimate of drug-likeness (QED) is 0.0838. The van der Waals surface area contributed by atoms with Crippen LogP contribution in [0, 0.1) is 0 Å². The molecular formula is C37H39N7O6. The third kappa shape index (κ3) is 7.38. The van der Waals surface area contributed by atoms with E-state index in [0.29, 0.717) is 11.1 Å². The molecule has 0 radical (unpaired) electrons. The van der Waals surface area contributed by atoms with Gasteiger partial charge in [-0.25, -0.2) is 4.79 Å². The summed E-state index contributed by atoms with van der Waals surface area (Å²) >= 11 is 0. The highest BCUT2D eigenvalue weighted by Gasteiger charge is 2.33. The van der Waals surface area contributed by atoms with Gasteiger partial charge in [-0.3, -0.25) is 14.4 Å². The first-order valence-corrected chi connectivity index (χ1v) is 16.3. The lowest BCUT2D eigenvalue weighted by Gasteiger charge is -2.26. The van der Waals surface area contributed by atoms with Crippen LogP contribution in [0.25, 0.3) is 32.7 Å². The zero-order valence-electron chi connectivity index (χ0n) is 27.3. The number of nitrogens with two attached hydrogens (primary N) is 1. The zero-order chi connectivity index (χ0) is 35.4. The van der Waals surface area contributed by atoms with Gasteiger partial charge >= 0.3 is 5.97 Å². The van der Waals surface area contributed by atoms with Gasteiger partial charge in [-0.1, -0.05) is 54.6 Å².